The molecule has 2 N–H and O–H groups in total. The Kier molecular flexibility index (Phi) is 5.09. The summed E-state index contributed by atoms with van der Waals surface area (Å²) in [5.41, 5.74) is 10.3. The van der Waals surface area contributed by atoms with Crippen LogP contribution in [-0.2, 0) is 4.79 Å². The number of rotatable bonds is 4. The highest BCUT2D eigenvalue weighted by molar-refractivity contribution is 5.88. The van der Waals surface area contributed by atoms with Gasteiger partial charge in [0.25, 0.3) is 0 Å². The smallest absolute Gasteiger partial charge is 0.235 e. The minimum atomic E-state index is -0.302. The van der Waals surface area contributed by atoms with E-state index in [1.54, 1.807) is 30.5 Å². The van der Waals surface area contributed by atoms with Crippen LogP contribution in [0, 0.1) is 12.7 Å². The van der Waals surface area contributed by atoms with Crippen molar-refractivity contribution >= 4 is 28.2 Å². The first-order valence-corrected chi connectivity index (χ1v) is 9.33. The van der Waals surface area contributed by atoms with Gasteiger partial charge in [-0.3, -0.25) is 10.2 Å². The molecule has 0 unspecified atom stereocenters. The molecule has 29 heavy (non-hydrogen) atoms. The summed E-state index contributed by atoms with van der Waals surface area (Å²) in [6.07, 6.45) is 3.73. The van der Waals surface area contributed by atoms with Crippen LogP contribution in [0.2, 0.25) is 0 Å². The molecule has 3 aromatic rings. The fourth-order valence-electron chi connectivity index (χ4n) is 3.20. The molecule has 148 valence electrons. The number of nitrogens with zero attached hydrogens (tertiary/aromatic N) is 4. The van der Waals surface area contributed by atoms with E-state index in [1.165, 1.54) is 12.1 Å². The Balaban J connectivity index is 1.75. The van der Waals surface area contributed by atoms with E-state index >= 15 is 0 Å². The second kappa shape index (κ2) is 7.84. The number of aromatic nitrogens is 2. The Bertz CT molecular complexity index is 1080. The number of carbonyl (C=O) groups excluding carboxylic acids is 1. The van der Waals surface area contributed by atoms with Crippen LogP contribution in [0.1, 0.15) is 24.6 Å². The number of carbonyl (C=O) groups is 1. The Morgan fingerprint density at radius 2 is 2.00 bits per heavy atom. The normalized spacial score (nSPS) is 14.4. The third kappa shape index (κ3) is 3.88. The minimum absolute atomic E-state index is 0.105. The summed E-state index contributed by atoms with van der Waals surface area (Å²) in [5, 5.41) is 2.56. The van der Waals surface area contributed by atoms with E-state index in [0.717, 1.165) is 33.5 Å². The molecular formula is C21H21FN6O. The van der Waals surface area contributed by atoms with Gasteiger partial charge in [-0.1, -0.05) is 13.0 Å². The molecule has 0 atom stereocenters. The van der Waals surface area contributed by atoms with E-state index < -0.39 is 0 Å². The molecule has 2 aromatic carbocycles. The summed E-state index contributed by atoms with van der Waals surface area (Å²) < 4.78 is 13.5. The molecule has 1 aliphatic rings. The molecular weight excluding hydrogens is 371 g/mol. The number of fused-ring (bicyclic) bond motifs is 1. The first-order chi connectivity index (χ1) is 14.0. The van der Waals surface area contributed by atoms with Crippen LogP contribution in [0.25, 0.3) is 16.6 Å². The van der Waals surface area contributed by atoms with Crippen molar-refractivity contribution in [2.75, 3.05) is 11.6 Å². The Hall–Kier alpha value is -3.52. The summed E-state index contributed by atoms with van der Waals surface area (Å²) in [6, 6.07) is 12.2. The largest absolute Gasteiger partial charge is 0.322 e. The van der Waals surface area contributed by atoms with Crippen molar-refractivity contribution in [2.45, 2.75) is 20.3 Å². The maximum absolute atomic E-state index is 13.5. The maximum Gasteiger partial charge on any atom is 0.235 e. The van der Waals surface area contributed by atoms with Gasteiger partial charge < -0.3 is 10.3 Å². The predicted molar refractivity (Wildman–Crippen MR) is 109 cm³/mol. The molecule has 0 radical (unpaired) electrons. The van der Waals surface area contributed by atoms with Crippen LogP contribution in [0.3, 0.4) is 0 Å². The summed E-state index contributed by atoms with van der Waals surface area (Å²) in [4.78, 5) is 22.4. The van der Waals surface area contributed by atoms with Gasteiger partial charge >= 0.3 is 0 Å². The van der Waals surface area contributed by atoms with Crippen molar-refractivity contribution in [3.63, 3.8) is 0 Å². The van der Waals surface area contributed by atoms with Gasteiger partial charge in [0.1, 0.15) is 18.8 Å². The number of benzene rings is 2. The van der Waals surface area contributed by atoms with Gasteiger partial charge in [0.05, 0.1) is 11.2 Å². The summed E-state index contributed by atoms with van der Waals surface area (Å²) in [7, 11) is 0. The van der Waals surface area contributed by atoms with Gasteiger partial charge in [0.2, 0.25) is 5.91 Å². The van der Waals surface area contributed by atoms with Crippen molar-refractivity contribution in [1.29, 1.82) is 0 Å². The van der Waals surface area contributed by atoms with E-state index in [9.17, 15) is 9.18 Å². The highest BCUT2D eigenvalue weighted by Gasteiger charge is 2.23. The van der Waals surface area contributed by atoms with Crippen LogP contribution in [0.4, 0.5) is 10.1 Å². The second-order valence-electron chi connectivity index (χ2n) is 6.71. The molecule has 0 saturated carbocycles. The van der Waals surface area contributed by atoms with E-state index in [0.29, 0.717) is 13.1 Å². The van der Waals surface area contributed by atoms with Gasteiger partial charge in [-0.15, -0.1) is 5.12 Å². The quantitative estimate of drug-likeness (QED) is 0.711. The molecule has 1 aliphatic heterocycles. The fraction of sp³-hybridized carbons (Fsp3) is 0.190. The number of hydrogen-bond donors (Lipinski definition) is 2. The van der Waals surface area contributed by atoms with E-state index in [1.807, 2.05) is 36.2 Å². The monoisotopic (exact) mass is 392 g/mol. The lowest BCUT2D eigenvalue weighted by molar-refractivity contribution is -0.126. The molecule has 0 aliphatic carbocycles. The Morgan fingerprint density at radius 1 is 1.21 bits per heavy atom. The third-order valence-corrected chi connectivity index (χ3v) is 4.78. The highest BCUT2D eigenvalue weighted by atomic mass is 19.1. The fourth-order valence-corrected chi connectivity index (χ4v) is 3.20. The van der Waals surface area contributed by atoms with Crippen molar-refractivity contribution in [3.05, 3.63) is 72.1 Å². The molecule has 4 rings (SSSR count). The Labute approximate surface area is 167 Å². The zero-order valence-corrected chi connectivity index (χ0v) is 16.2. The number of halogens is 1. The summed E-state index contributed by atoms with van der Waals surface area (Å²) in [5.74, 6) is -0.407. The van der Waals surface area contributed by atoms with Crippen LogP contribution < -0.4 is 15.8 Å². The molecule has 1 amide bonds. The van der Waals surface area contributed by atoms with E-state index in [2.05, 4.69) is 20.8 Å². The second-order valence-corrected chi connectivity index (χ2v) is 6.71. The van der Waals surface area contributed by atoms with Gasteiger partial charge in [-0.2, -0.15) is 0 Å². The van der Waals surface area contributed by atoms with Crippen molar-refractivity contribution in [3.8, 4) is 0 Å². The van der Waals surface area contributed by atoms with Gasteiger partial charge in [0.15, 0.2) is 0 Å². The number of amides is 1. The number of hydrazine groups is 2. The minimum Gasteiger partial charge on any atom is -0.322 e. The summed E-state index contributed by atoms with van der Waals surface area (Å²) >= 11 is 0. The molecule has 2 heterocycles. The van der Waals surface area contributed by atoms with Crippen molar-refractivity contribution in [2.24, 2.45) is 0 Å². The zero-order valence-electron chi connectivity index (χ0n) is 16.2. The maximum atomic E-state index is 13.5. The summed E-state index contributed by atoms with van der Waals surface area (Å²) in [6.45, 7) is 4.07. The zero-order chi connectivity index (χ0) is 20.4. The van der Waals surface area contributed by atoms with Crippen molar-refractivity contribution in [1.82, 2.24) is 25.9 Å². The predicted octanol–water partition coefficient (Wildman–Crippen LogP) is 3.10. The SMILES string of the molecule is CCC(=O)NN1CN(c2ccc(F)cc2)C(c2ccc3ncnc(C)c3c2)=CN1. The third-order valence-electron chi connectivity index (χ3n) is 4.78. The lowest BCUT2D eigenvalue weighted by atomic mass is 10.1. The van der Waals surface area contributed by atoms with E-state index in [4.69, 9.17) is 0 Å². The molecule has 0 fully saturated rings. The first kappa shape index (κ1) is 18.8. The average molecular weight is 392 g/mol. The van der Waals surface area contributed by atoms with Crippen molar-refractivity contribution < 1.29 is 9.18 Å². The average Bonchev–Trinajstić information content (AvgIpc) is 2.74. The Morgan fingerprint density at radius 3 is 2.76 bits per heavy atom. The molecule has 8 heteroatoms. The van der Waals surface area contributed by atoms with Crippen LogP contribution in [0.5, 0.6) is 0 Å². The van der Waals surface area contributed by atoms with E-state index in [-0.39, 0.29) is 11.7 Å². The lowest BCUT2D eigenvalue weighted by Gasteiger charge is -2.37. The molecule has 0 spiro atoms. The standard InChI is InChI=1S/C21H21FN6O/c1-3-21(29)26-28-13-27(17-7-5-16(22)6-8-17)20(11-25-28)15-4-9-19-18(10-15)14(2)23-12-24-19/h4-12,25H,3,13H2,1-2H3,(H,26,29). The van der Waals surface area contributed by atoms with Gasteiger partial charge in [-0.05, 0) is 43.3 Å². The lowest BCUT2D eigenvalue weighted by Crippen LogP contribution is -2.56. The topological polar surface area (TPSA) is 73.4 Å². The van der Waals surface area contributed by atoms with Gasteiger partial charge in [0, 0.05) is 35.0 Å². The number of aryl methyl sites for hydroxylation is 1. The van der Waals surface area contributed by atoms with Crippen LogP contribution >= 0.6 is 0 Å². The number of anilines is 1. The first-order valence-electron chi connectivity index (χ1n) is 9.33. The molecule has 7 nitrogen and oxygen atoms in total. The molecule has 1 aromatic heterocycles. The van der Waals surface area contributed by atoms with Crippen LogP contribution in [-0.4, -0.2) is 27.7 Å². The van der Waals surface area contributed by atoms with Crippen LogP contribution in [0.15, 0.2) is 55.0 Å². The number of hydrogen-bond acceptors (Lipinski definition) is 6. The molecule has 0 bridgehead atoms. The molecule has 0 saturated heterocycles. The number of nitrogens with one attached hydrogen (secondary N) is 2. The van der Waals surface area contributed by atoms with Gasteiger partial charge in [-0.25, -0.2) is 14.4 Å². The highest BCUT2D eigenvalue weighted by Crippen LogP contribution is 2.30.